The second-order valence-electron chi connectivity index (χ2n) is 6.21. The van der Waals surface area contributed by atoms with Crippen LogP contribution in [0.1, 0.15) is 44.9 Å². The number of hydrogen-bond donors (Lipinski definition) is 1. The van der Waals surface area contributed by atoms with Gasteiger partial charge in [0.25, 0.3) is 0 Å². The molecule has 20 heavy (non-hydrogen) atoms. The summed E-state index contributed by atoms with van der Waals surface area (Å²) in [6.07, 6.45) is 8.75. The van der Waals surface area contributed by atoms with Crippen LogP contribution in [0.4, 0.5) is 14.5 Å². The zero-order valence-electron chi connectivity index (χ0n) is 11.5. The smallest absolute Gasteiger partial charge is 0.147 e. The van der Waals surface area contributed by atoms with Gasteiger partial charge in [0.15, 0.2) is 0 Å². The quantitative estimate of drug-likeness (QED) is 0.699. The van der Waals surface area contributed by atoms with Gasteiger partial charge < -0.3 is 5.32 Å². The first-order valence-electron chi connectivity index (χ1n) is 7.54. The molecule has 1 N–H and O–H groups in total. The van der Waals surface area contributed by atoms with Crippen LogP contribution < -0.4 is 5.32 Å². The molecule has 2 aliphatic rings. The maximum atomic E-state index is 13.9. The fourth-order valence-electron chi connectivity index (χ4n) is 3.86. The predicted octanol–water partition coefficient (Wildman–Crippen LogP) is 5.50. The standard InChI is InChI=1S/C16H20BrF2N/c17-13-8-15(19)16(9-14(13)18)20-12-6-5-10-3-1-2-4-11(10)7-12/h8-12,20H,1-7H2. The van der Waals surface area contributed by atoms with Crippen molar-refractivity contribution in [2.75, 3.05) is 5.32 Å². The minimum Gasteiger partial charge on any atom is -0.380 e. The molecule has 0 radical (unpaired) electrons. The first-order chi connectivity index (χ1) is 9.63. The lowest BCUT2D eigenvalue weighted by molar-refractivity contribution is 0.162. The average Bonchev–Trinajstić information content (AvgIpc) is 2.44. The molecule has 1 nitrogen and oxygen atoms in total. The van der Waals surface area contributed by atoms with Crippen molar-refractivity contribution in [2.24, 2.45) is 11.8 Å². The molecule has 4 heteroatoms. The number of anilines is 1. The maximum absolute atomic E-state index is 13.9. The van der Waals surface area contributed by atoms with Crippen molar-refractivity contribution < 1.29 is 8.78 Å². The summed E-state index contributed by atoms with van der Waals surface area (Å²) in [5.41, 5.74) is 0.296. The molecule has 2 aliphatic carbocycles. The summed E-state index contributed by atoms with van der Waals surface area (Å²) < 4.78 is 27.6. The lowest BCUT2D eigenvalue weighted by Gasteiger charge is -2.39. The third-order valence-corrected chi connectivity index (χ3v) is 5.52. The molecule has 3 rings (SSSR count). The number of nitrogens with one attached hydrogen (secondary N) is 1. The Morgan fingerprint density at radius 1 is 0.950 bits per heavy atom. The van der Waals surface area contributed by atoms with Gasteiger partial charge >= 0.3 is 0 Å². The zero-order chi connectivity index (χ0) is 14.1. The van der Waals surface area contributed by atoms with Gasteiger partial charge in [-0.05, 0) is 53.1 Å². The normalized spacial score (nSPS) is 29.9. The molecule has 3 unspecified atom stereocenters. The summed E-state index contributed by atoms with van der Waals surface area (Å²) in [6, 6.07) is 2.74. The minimum absolute atomic E-state index is 0.177. The van der Waals surface area contributed by atoms with E-state index < -0.39 is 5.82 Å². The monoisotopic (exact) mass is 343 g/mol. The van der Waals surface area contributed by atoms with Gasteiger partial charge in [-0.2, -0.15) is 0 Å². The zero-order valence-corrected chi connectivity index (χ0v) is 13.1. The van der Waals surface area contributed by atoms with E-state index in [4.69, 9.17) is 0 Å². The molecule has 0 heterocycles. The lowest BCUT2D eigenvalue weighted by Crippen LogP contribution is -2.34. The molecule has 0 spiro atoms. The SMILES string of the molecule is Fc1cc(NC2CCC3CCCCC3C2)c(F)cc1Br. The second-order valence-corrected chi connectivity index (χ2v) is 7.06. The van der Waals surface area contributed by atoms with Crippen LogP contribution in [-0.4, -0.2) is 6.04 Å². The molecule has 2 saturated carbocycles. The maximum Gasteiger partial charge on any atom is 0.147 e. The van der Waals surface area contributed by atoms with Crippen molar-refractivity contribution in [3.63, 3.8) is 0 Å². The van der Waals surface area contributed by atoms with E-state index in [0.29, 0.717) is 5.69 Å². The topological polar surface area (TPSA) is 12.0 Å². The van der Waals surface area contributed by atoms with Gasteiger partial charge in [-0.3, -0.25) is 0 Å². The Labute approximate surface area is 127 Å². The number of hydrogen-bond acceptors (Lipinski definition) is 1. The van der Waals surface area contributed by atoms with Crippen molar-refractivity contribution in [3.05, 3.63) is 28.2 Å². The molecule has 0 bridgehead atoms. The van der Waals surface area contributed by atoms with Gasteiger partial charge in [-0.1, -0.05) is 25.7 Å². The van der Waals surface area contributed by atoms with Gasteiger partial charge in [0, 0.05) is 12.1 Å². The fraction of sp³-hybridized carbons (Fsp3) is 0.625. The molecular weight excluding hydrogens is 324 g/mol. The summed E-state index contributed by atoms with van der Waals surface area (Å²) in [4.78, 5) is 0. The highest BCUT2D eigenvalue weighted by molar-refractivity contribution is 9.10. The highest BCUT2D eigenvalue weighted by atomic mass is 79.9. The second kappa shape index (κ2) is 6.00. The average molecular weight is 344 g/mol. The van der Waals surface area contributed by atoms with E-state index in [1.165, 1.54) is 44.2 Å². The molecule has 0 amide bonds. The summed E-state index contributed by atoms with van der Waals surface area (Å²) in [5, 5.41) is 3.21. The third kappa shape index (κ3) is 3.00. The van der Waals surface area contributed by atoms with Crippen molar-refractivity contribution in [2.45, 2.75) is 51.0 Å². The highest BCUT2D eigenvalue weighted by Crippen LogP contribution is 2.41. The summed E-state index contributed by atoms with van der Waals surface area (Å²) >= 11 is 3.01. The molecule has 0 aromatic heterocycles. The molecule has 3 atom stereocenters. The van der Waals surface area contributed by atoms with Gasteiger partial charge in [-0.15, -0.1) is 0 Å². The Morgan fingerprint density at radius 3 is 2.50 bits per heavy atom. The molecule has 0 aliphatic heterocycles. The fourth-order valence-corrected chi connectivity index (χ4v) is 4.17. The van der Waals surface area contributed by atoms with E-state index in [9.17, 15) is 8.78 Å². The Hall–Kier alpha value is -0.640. The van der Waals surface area contributed by atoms with Crippen LogP contribution in [0.15, 0.2) is 16.6 Å². The Kier molecular flexibility index (Phi) is 4.29. The molecule has 1 aromatic carbocycles. The van der Waals surface area contributed by atoms with Crippen LogP contribution in [0.2, 0.25) is 0 Å². The molecule has 2 fully saturated rings. The number of benzene rings is 1. The third-order valence-electron chi connectivity index (χ3n) is 4.91. The summed E-state index contributed by atoms with van der Waals surface area (Å²) in [7, 11) is 0. The van der Waals surface area contributed by atoms with Crippen LogP contribution in [-0.2, 0) is 0 Å². The van der Waals surface area contributed by atoms with E-state index in [0.717, 1.165) is 24.7 Å². The predicted molar refractivity (Wildman–Crippen MR) is 80.8 cm³/mol. The van der Waals surface area contributed by atoms with Gasteiger partial charge in [0.2, 0.25) is 0 Å². The number of halogens is 3. The molecule has 1 aromatic rings. The summed E-state index contributed by atoms with van der Waals surface area (Å²) in [6.45, 7) is 0. The van der Waals surface area contributed by atoms with E-state index in [-0.39, 0.29) is 16.3 Å². The molecule has 0 saturated heterocycles. The first kappa shape index (κ1) is 14.3. The van der Waals surface area contributed by atoms with Crippen LogP contribution in [0, 0.1) is 23.5 Å². The van der Waals surface area contributed by atoms with Crippen LogP contribution in [0.25, 0.3) is 0 Å². The van der Waals surface area contributed by atoms with Crippen LogP contribution in [0.3, 0.4) is 0 Å². The lowest BCUT2D eigenvalue weighted by atomic mass is 9.69. The van der Waals surface area contributed by atoms with E-state index in [1.807, 2.05) is 0 Å². The first-order valence-corrected chi connectivity index (χ1v) is 8.34. The Bertz CT molecular complexity index is 492. The van der Waals surface area contributed by atoms with Gasteiger partial charge in [0.1, 0.15) is 11.6 Å². The Morgan fingerprint density at radius 2 is 1.70 bits per heavy atom. The molecular formula is C16H20BrF2N. The largest absolute Gasteiger partial charge is 0.380 e. The van der Waals surface area contributed by atoms with Crippen molar-refractivity contribution >= 4 is 21.6 Å². The number of fused-ring (bicyclic) bond motifs is 1. The van der Waals surface area contributed by atoms with Crippen molar-refractivity contribution in [1.29, 1.82) is 0 Å². The van der Waals surface area contributed by atoms with E-state index >= 15 is 0 Å². The van der Waals surface area contributed by atoms with Crippen LogP contribution in [0.5, 0.6) is 0 Å². The van der Waals surface area contributed by atoms with Crippen molar-refractivity contribution in [3.8, 4) is 0 Å². The summed E-state index contributed by atoms with van der Waals surface area (Å²) in [5.74, 6) is 0.843. The number of rotatable bonds is 2. The highest BCUT2D eigenvalue weighted by Gasteiger charge is 2.32. The van der Waals surface area contributed by atoms with E-state index in [1.54, 1.807) is 0 Å². The van der Waals surface area contributed by atoms with Gasteiger partial charge in [-0.25, -0.2) is 8.78 Å². The van der Waals surface area contributed by atoms with Gasteiger partial charge in [0.05, 0.1) is 10.2 Å². The minimum atomic E-state index is -0.416. The Balaban J connectivity index is 1.68. The van der Waals surface area contributed by atoms with Crippen LogP contribution >= 0.6 is 15.9 Å². The molecule has 110 valence electrons. The van der Waals surface area contributed by atoms with E-state index in [2.05, 4.69) is 21.2 Å². The van der Waals surface area contributed by atoms with Crippen molar-refractivity contribution in [1.82, 2.24) is 0 Å².